The van der Waals surface area contributed by atoms with E-state index in [9.17, 15) is 9.59 Å². The molecule has 1 fully saturated rings. The largest absolute Gasteiger partial charge is 0.373 e. The van der Waals surface area contributed by atoms with Gasteiger partial charge in [-0.25, -0.2) is 5.10 Å². The van der Waals surface area contributed by atoms with Crippen molar-refractivity contribution in [3.63, 3.8) is 0 Å². The van der Waals surface area contributed by atoms with E-state index >= 15 is 0 Å². The van der Waals surface area contributed by atoms with Crippen molar-refractivity contribution < 1.29 is 9.53 Å². The Hall–Kier alpha value is -2.25. The number of hydrogen-bond acceptors (Lipinski definition) is 5. The number of fused-ring (bicyclic) bond motifs is 1. The van der Waals surface area contributed by atoms with Crippen LogP contribution in [0.4, 0.5) is 0 Å². The number of aromatic nitrogens is 2. The minimum atomic E-state index is -0.297. The first-order chi connectivity index (χ1) is 12.3. The van der Waals surface area contributed by atoms with Crippen molar-refractivity contribution in [1.29, 1.82) is 0 Å². The van der Waals surface area contributed by atoms with Gasteiger partial charge in [-0.2, -0.15) is 5.10 Å². The Kier molecular flexibility index (Phi) is 5.11. The Morgan fingerprint density at radius 1 is 1.27 bits per heavy atom. The van der Waals surface area contributed by atoms with Crippen LogP contribution in [-0.4, -0.2) is 58.4 Å². The Labute approximate surface area is 152 Å². The molecule has 1 aromatic carbocycles. The summed E-state index contributed by atoms with van der Waals surface area (Å²) >= 11 is 0. The van der Waals surface area contributed by atoms with Gasteiger partial charge >= 0.3 is 0 Å². The number of carbonyl (C=O) groups excluding carboxylic acids is 1. The summed E-state index contributed by atoms with van der Waals surface area (Å²) in [6.45, 7) is 10.5. The number of H-pyrrole nitrogens is 1. The Bertz CT molecular complexity index is 851. The van der Waals surface area contributed by atoms with Gasteiger partial charge in [0.05, 0.1) is 17.6 Å². The molecule has 140 valence electrons. The maximum atomic E-state index is 12.7. The van der Waals surface area contributed by atoms with Gasteiger partial charge in [-0.1, -0.05) is 18.2 Å². The lowest BCUT2D eigenvalue weighted by Crippen LogP contribution is -2.58. The quantitative estimate of drug-likeness (QED) is 0.866. The molecule has 7 heteroatoms. The summed E-state index contributed by atoms with van der Waals surface area (Å²) in [6.07, 6.45) is 0.331. The molecule has 2 heterocycles. The number of morpholine rings is 1. The average molecular weight is 358 g/mol. The third-order valence-corrected chi connectivity index (χ3v) is 4.87. The van der Waals surface area contributed by atoms with Crippen molar-refractivity contribution in [2.24, 2.45) is 0 Å². The number of aromatic amines is 1. The van der Waals surface area contributed by atoms with Crippen LogP contribution in [0.1, 0.15) is 38.2 Å². The molecule has 0 radical (unpaired) electrons. The second-order valence-electron chi connectivity index (χ2n) is 7.60. The van der Waals surface area contributed by atoms with Gasteiger partial charge in [-0.15, -0.1) is 0 Å². The number of carbonyl (C=O) groups is 1. The van der Waals surface area contributed by atoms with E-state index in [-0.39, 0.29) is 34.9 Å². The molecule has 0 saturated carbocycles. The SMILES string of the molecule is C[C@@H]1CN(C(C)(C)CNC(=O)c2n[nH]c(=O)c3ccccc23)C[C@H](C)O1. The van der Waals surface area contributed by atoms with Crippen LogP contribution < -0.4 is 10.9 Å². The second-order valence-corrected chi connectivity index (χ2v) is 7.60. The van der Waals surface area contributed by atoms with Crippen molar-refractivity contribution in [2.75, 3.05) is 19.6 Å². The van der Waals surface area contributed by atoms with Crippen LogP contribution in [0.5, 0.6) is 0 Å². The fourth-order valence-electron chi connectivity index (χ4n) is 3.45. The number of nitrogens with one attached hydrogen (secondary N) is 2. The first kappa shape index (κ1) is 18.5. The van der Waals surface area contributed by atoms with E-state index in [1.54, 1.807) is 24.3 Å². The van der Waals surface area contributed by atoms with Crippen molar-refractivity contribution in [2.45, 2.75) is 45.4 Å². The first-order valence-electron chi connectivity index (χ1n) is 8.94. The van der Waals surface area contributed by atoms with Gasteiger partial charge in [0.2, 0.25) is 0 Å². The number of rotatable bonds is 4. The standard InChI is InChI=1S/C19H26N4O3/c1-12-9-23(10-13(2)26-12)19(3,4)11-20-18(25)16-14-7-5-6-8-15(14)17(24)22-21-16/h5-8,12-13H,9-11H2,1-4H3,(H,20,25)(H,22,24)/t12-,13+. The van der Waals surface area contributed by atoms with E-state index in [1.807, 2.05) is 0 Å². The number of ether oxygens (including phenoxy) is 1. The molecule has 2 aromatic rings. The summed E-state index contributed by atoms with van der Waals surface area (Å²) in [4.78, 5) is 26.9. The van der Waals surface area contributed by atoms with Crippen LogP contribution in [0.3, 0.4) is 0 Å². The minimum Gasteiger partial charge on any atom is -0.373 e. The van der Waals surface area contributed by atoms with E-state index in [2.05, 4.69) is 48.1 Å². The molecule has 0 spiro atoms. The highest BCUT2D eigenvalue weighted by Crippen LogP contribution is 2.21. The molecule has 2 N–H and O–H groups in total. The zero-order valence-electron chi connectivity index (χ0n) is 15.7. The molecule has 3 rings (SSSR count). The monoisotopic (exact) mass is 358 g/mol. The van der Waals surface area contributed by atoms with Gasteiger partial charge in [0.15, 0.2) is 5.69 Å². The van der Waals surface area contributed by atoms with E-state index in [0.717, 1.165) is 13.1 Å². The van der Waals surface area contributed by atoms with Crippen LogP contribution in [-0.2, 0) is 4.74 Å². The van der Waals surface area contributed by atoms with Crippen molar-refractivity contribution in [3.05, 3.63) is 40.3 Å². The van der Waals surface area contributed by atoms with Gasteiger partial charge in [0.1, 0.15) is 0 Å². The lowest BCUT2D eigenvalue weighted by molar-refractivity contribution is -0.0948. The molecule has 1 saturated heterocycles. The van der Waals surface area contributed by atoms with E-state index in [4.69, 9.17) is 4.74 Å². The third-order valence-electron chi connectivity index (χ3n) is 4.87. The second kappa shape index (κ2) is 7.17. The fourth-order valence-corrected chi connectivity index (χ4v) is 3.45. The van der Waals surface area contributed by atoms with Gasteiger partial charge in [0.25, 0.3) is 11.5 Å². The smallest absolute Gasteiger partial charge is 0.272 e. The molecule has 0 unspecified atom stereocenters. The van der Waals surface area contributed by atoms with E-state index < -0.39 is 0 Å². The highest BCUT2D eigenvalue weighted by molar-refractivity contribution is 6.04. The van der Waals surface area contributed by atoms with Gasteiger partial charge in [-0.3, -0.25) is 14.5 Å². The van der Waals surface area contributed by atoms with Crippen molar-refractivity contribution in [3.8, 4) is 0 Å². The van der Waals surface area contributed by atoms with Crippen LogP contribution in [0, 0.1) is 0 Å². The summed E-state index contributed by atoms with van der Waals surface area (Å²) in [5.74, 6) is -0.292. The molecule has 1 amide bonds. The Morgan fingerprint density at radius 3 is 2.54 bits per heavy atom. The summed E-state index contributed by atoms with van der Waals surface area (Å²) in [5.41, 5.74) is -0.284. The van der Waals surface area contributed by atoms with Gasteiger partial charge in [-0.05, 0) is 33.8 Å². The average Bonchev–Trinajstić information content (AvgIpc) is 2.59. The van der Waals surface area contributed by atoms with Crippen molar-refractivity contribution >= 4 is 16.7 Å². The molecule has 7 nitrogen and oxygen atoms in total. The zero-order chi connectivity index (χ0) is 18.9. The molecule has 0 bridgehead atoms. The van der Waals surface area contributed by atoms with Crippen LogP contribution in [0.15, 0.2) is 29.1 Å². The first-order valence-corrected chi connectivity index (χ1v) is 8.94. The number of nitrogens with zero attached hydrogens (tertiary/aromatic N) is 2. The van der Waals surface area contributed by atoms with Gasteiger partial charge in [0, 0.05) is 30.6 Å². The highest BCUT2D eigenvalue weighted by Gasteiger charge is 2.33. The Balaban J connectivity index is 1.75. The molecule has 1 aliphatic rings. The topological polar surface area (TPSA) is 87.3 Å². The molecule has 0 aliphatic carbocycles. The molecular formula is C19H26N4O3. The Morgan fingerprint density at radius 2 is 1.88 bits per heavy atom. The van der Waals surface area contributed by atoms with E-state index in [0.29, 0.717) is 17.3 Å². The van der Waals surface area contributed by atoms with Crippen LogP contribution in [0.2, 0.25) is 0 Å². The number of benzene rings is 1. The lowest BCUT2D eigenvalue weighted by Gasteiger charge is -2.45. The highest BCUT2D eigenvalue weighted by atomic mass is 16.5. The molecule has 26 heavy (non-hydrogen) atoms. The lowest BCUT2D eigenvalue weighted by atomic mass is 10.00. The van der Waals surface area contributed by atoms with Crippen LogP contribution in [0.25, 0.3) is 10.8 Å². The van der Waals surface area contributed by atoms with Crippen LogP contribution >= 0.6 is 0 Å². The summed E-state index contributed by atoms with van der Waals surface area (Å²) in [5, 5.41) is 10.4. The summed E-state index contributed by atoms with van der Waals surface area (Å²) in [7, 11) is 0. The third kappa shape index (κ3) is 3.78. The maximum Gasteiger partial charge on any atom is 0.272 e. The summed E-state index contributed by atoms with van der Waals surface area (Å²) in [6, 6.07) is 6.99. The number of hydrogen-bond donors (Lipinski definition) is 2. The van der Waals surface area contributed by atoms with Crippen molar-refractivity contribution in [1.82, 2.24) is 20.4 Å². The van der Waals surface area contributed by atoms with Gasteiger partial charge < -0.3 is 10.1 Å². The molecular weight excluding hydrogens is 332 g/mol. The maximum absolute atomic E-state index is 12.7. The summed E-state index contributed by atoms with van der Waals surface area (Å²) < 4.78 is 5.79. The fraction of sp³-hybridized carbons (Fsp3) is 0.526. The predicted molar refractivity (Wildman–Crippen MR) is 100 cm³/mol. The molecule has 1 aromatic heterocycles. The minimum absolute atomic E-state index is 0.165. The number of amides is 1. The normalized spacial score (nSPS) is 21.7. The molecule has 1 aliphatic heterocycles. The molecule has 2 atom stereocenters. The predicted octanol–water partition coefficient (Wildman–Crippen LogP) is 1.54. The van der Waals surface area contributed by atoms with E-state index in [1.165, 1.54) is 0 Å². The zero-order valence-corrected chi connectivity index (χ0v) is 15.7.